The van der Waals surface area contributed by atoms with E-state index in [0.717, 1.165) is 31.3 Å². The van der Waals surface area contributed by atoms with Gasteiger partial charge in [0.25, 0.3) is 0 Å². The highest BCUT2D eigenvalue weighted by Crippen LogP contribution is 2.42. The van der Waals surface area contributed by atoms with Gasteiger partial charge in [-0.2, -0.15) is 0 Å². The Morgan fingerprint density at radius 2 is 1.93 bits per heavy atom. The van der Waals surface area contributed by atoms with Gasteiger partial charge in [-0.3, -0.25) is 9.69 Å². The Morgan fingerprint density at radius 3 is 2.70 bits per heavy atom. The van der Waals surface area contributed by atoms with Crippen molar-refractivity contribution in [1.29, 1.82) is 0 Å². The van der Waals surface area contributed by atoms with Gasteiger partial charge < -0.3 is 10.5 Å². The van der Waals surface area contributed by atoms with Crippen LogP contribution in [-0.2, 0) is 13.0 Å². The monoisotopic (exact) mass is 399 g/mol. The summed E-state index contributed by atoms with van der Waals surface area (Å²) in [6.07, 6.45) is 3.94. The second-order valence-corrected chi connectivity index (χ2v) is 8.29. The number of hydrogen-bond acceptors (Lipinski definition) is 4. The lowest BCUT2D eigenvalue weighted by Gasteiger charge is -2.35. The van der Waals surface area contributed by atoms with E-state index < -0.39 is 5.91 Å². The van der Waals surface area contributed by atoms with E-state index in [1.54, 1.807) is 23.3 Å². The topological polar surface area (TPSA) is 68.5 Å². The zero-order valence-electron chi connectivity index (χ0n) is 16.8. The molecule has 1 aliphatic carbocycles. The van der Waals surface area contributed by atoms with E-state index in [1.807, 2.05) is 12.1 Å². The van der Waals surface area contributed by atoms with Crippen LogP contribution in [-0.4, -0.2) is 28.9 Å². The SMILES string of the molecule is NC(=O)c1ccc(Oc2ccc(CN3CCC4Cc5ccccc5C4C3)cc2)nc1. The minimum Gasteiger partial charge on any atom is -0.439 e. The number of amides is 1. The standard InChI is InChI=1S/C25H25N3O2/c26-25(29)20-7-10-24(27-14-20)30-21-8-5-17(6-9-21)15-28-12-11-19-13-18-3-1-2-4-22(18)23(19)16-28/h1-10,14,19,23H,11-13,15-16H2,(H2,26,29). The fourth-order valence-corrected chi connectivity index (χ4v) is 4.80. The summed E-state index contributed by atoms with van der Waals surface area (Å²) in [5.41, 5.74) is 10.00. The molecule has 1 amide bonds. The second kappa shape index (κ2) is 7.92. The first-order valence-electron chi connectivity index (χ1n) is 10.5. The zero-order chi connectivity index (χ0) is 20.5. The Morgan fingerprint density at radius 1 is 1.10 bits per heavy atom. The molecule has 1 aromatic heterocycles. The van der Waals surface area contributed by atoms with Gasteiger partial charge in [0, 0.05) is 31.3 Å². The molecule has 1 saturated heterocycles. The maximum atomic E-state index is 11.1. The van der Waals surface area contributed by atoms with E-state index in [-0.39, 0.29) is 0 Å². The molecule has 5 heteroatoms. The van der Waals surface area contributed by atoms with Crippen LogP contribution in [0.15, 0.2) is 66.9 Å². The number of carbonyl (C=O) groups is 1. The van der Waals surface area contributed by atoms with Crippen molar-refractivity contribution in [2.45, 2.75) is 25.3 Å². The summed E-state index contributed by atoms with van der Waals surface area (Å²) >= 11 is 0. The van der Waals surface area contributed by atoms with Gasteiger partial charge in [-0.05, 0) is 60.2 Å². The first kappa shape index (κ1) is 18.8. The summed E-state index contributed by atoms with van der Waals surface area (Å²) in [6.45, 7) is 3.25. The van der Waals surface area contributed by atoms with Gasteiger partial charge in [-0.1, -0.05) is 36.4 Å². The number of likely N-dealkylation sites (tertiary alicyclic amines) is 1. The smallest absolute Gasteiger partial charge is 0.250 e. The number of aromatic nitrogens is 1. The fraction of sp³-hybridized carbons (Fsp3) is 0.280. The second-order valence-electron chi connectivity index (χ2n) is 8.29. The number of ether oxygens (including phenoxy) is 1. The number of piperidine rings is 1. The third-order valence-electron chi connectivity index (χ3n) is 6.35. The van der Waals surface area contributed by atoms with Crippen LogP contribution >= 0.6 is 0 Å². The van der Waals surface area contributed by atoms with Gasteiger partial charge in [0.05, 0.1) is 5.56 Å². The van der Waals surface area contributed by atoms with Crippen molar-refractivity contribution in [1.82, 2.24) is 9.88 Å². The lowest BCUT2D eigenvalue weighted by molar-refractivity contribution is 0.1000. The molecule has 2 N–H and O–H groups in total. The van der Waals surface area contributed by atoms with E-state index in [9.17, 15) is 4.79 Å². The molecular weight excluding hydrogens is 374 g/mol. The highest BCUT2D eigenvalue weighted by molar-refractivity contribution is 5.92. The Kier molecular flexibility index (Phi) is 4.97. The predicted octanol–water partition coefficient (Wildman–Crippen LogP) is 4.13. The summed E-state index contributed by atoms with van der Waals surface area (Å²) in [7, 11) is 0. The zero-order valence-corrected chi connectivity index (χ0v) is 16.8. The molecule has 5 nitrogen and oxygen atoms in total. The molecule has 2 atom stereocenters. The van der Waals surface area contributed by atoms with Gasteiger partial charge in [0.15, 0.2) is 0 Å². The Hall–Kier alpha value is -3.18. The highest BCUT2D eigenvalue weighted by atomic mass is 16.5. The van der Waals surface area contributed by atoms with Crippen molar-refractivity contribution in [2.75, 3.05) is 13.1 Å². The summed E-state index contributed by atoms with van der Waals surface area (Å²) in [5.74, 6) is 2.15. The number of nitrogens with two attached hydrogens (primary N) is 1. The van der Waals surface area contributed by atoms with E-state index in [0.29, 0.717) is 17.4 Å². The van der Waals surface area contributed by atoms with Crippen LogP contribution in [0.25, 0.3) is 0 Å². The van der Waals surface area contributed by atoms with Crippen LogP contribution in [0.1, 0.15) is 39.4 Å². The number of fused-ring (bicyclic) bond motifs is 3. The van der Waals surface area contributed by atoms with Crippen molar-refractivity contribution < 1.29 is 9.53 Å². The number of hydrogen-bond donors (Lipinski definition) is 1. The number of primary amides is 1. The van der Waals surface area contributed by atoms with Crippen molar-refractivity contribution in [3.63, 3.8) is 0 Å². The Bertz CT molecular complexity index is 1050. The molecule has 2 aromatic carbocycles. The van der Waals surface area contributed by atoms with Crippen molar-refractivity contribution >= 4 is 5.91 Å². The molecule has 3 aromatic rings. The fourth-order valence-electron chi connectivity index (χ4n) is 4.80. The van der Waals surface area contributed by atoms with Gasteiger partial charge in [-0.25, -0.2) is 4.98 Å². The largest absolute Gasteiger partial charge is 0.439 e. The molecule has 1 aliphatic heterocycles. The van der Waals surface area contributed by atoms with E-state index >= 15 is 0 Å². The number of carbonyl (C=O) groups excluding carboxylic acids is 1. The van der Waals surface area contributed by atoms with Crippen LogP contribution in [0.4, 0.5) is 0 Å². The van der Waals surface area contributed by atoms with E-state index in [2.05, 4.69) is 46.3 Å². The van der Waals surface area contributed by atoms with E-state index in [4.69, 9.17) is 10.5 Å². The molecule has 30 heavy (non-hydrogen) atoms. The molecule has 0 radical (unpaired) electrons. The lowest BCUT2D eigenvalue weighted by Crippen LogP contribution is -2.37. The Labute approximate surface area is 176 Å². The molecule has 0 spiro atoms. The minimum absolute atomic E-state index is 0.367. The lowest BCUT2D eigenvalue weighted by atomic mass is 9.86. The van der Waals surface area contributed by atoms with Gasteiger partial charge in [-0.15, -0.1) is 0 Å². The summed E-state index contributed by atoms with van der Waals surface area (Å²) in [5, 5.41) is 0. The summed E-state index contributed by atoms with van der Waals surface area (Å²) in [4.78, 5) is 17.8. The number of benzene rings is 2. The Balaban J connectivity index is 1.21. The molecule has 2 aliphatic rings. The summed E-state index contributed by atoms with van der Waals surface area (Å²) < 4.78 is 5.78. The van der Waals surface area contributed by atoms with Gasteiger partial charge in [0.2, 0.25) is 11.8 Å². The maximum absolute atomic E-state index is 11.1. The minimum atomic E-state index is -0.497. The predicted molar refractivity (Wildman–Crippen MR) is 116 cm³/mol. The number of pyridine rings is 1. The maximum Gasteiger partial charge on any atom is 0.250 e. The quantitative estimate of drug-likeness (QED) is 0.700. The average molecular weight is 399 g/mol. The third kappa shape index (κ3) is 3.81. The van der Waals surface area contributed by atoms with Crippen LogP contribution in [0.3, 0.4) is 0 Å². The molecule has 5 rings (SSSR count). The van der Waals surface area contributed by atoms with Gasteiger partial charge >= 0.3 is 0 Å². The first-order valence-corrected chi connectivity index (χ1v) is 10.5. The van der Waals surface area contributed by atoms with E-state index in [1.165, 1.54) is 24.6 Å². The van der Waals surface area contributed by atoms with Crippen LogP contribution in [0.2, 0.25) is 0 Å². The third-order valence-corrected chi connectivity index (χ3v) is 6.35. The number of rotatable bonds is 5. The molecule has 1 fully saturated rings. The first-order chi connectivity index (χ1) is 14.7. The highest BCUT2D eigenvalue weighted by Gasteiger charge is 2.36. The van der Waals surface area contributed by atoms with Gasteiger partial charge in [0.1, 0.15) is 5.75 Å². The molecule has 0 saturated carbocycles. The average Bonchev–Trinajstić information content (AvgIpc) is 3.14. The van der Waals surface area contributed by atoms with Crippen molar-refractivity contribution in [3.8, 4) is 11.6 Å². The van der Waals surface area contributed by atoms with Crippen molar-refractivity contribution in [3.05, 3.63) is 89.1 Å². The molecule has 152 valence electrons. The van der Waals surface area contributed by atoms with Crippen LogP contribution in [0.5, 0.6) is 11.6 Å². The molecular formula is C25H25N3O2. The molecule has 2 unspecified atom stereocenters. The normalized spacial score (nSPS) is 20.4. The molecule has 2 heterocycles. The molecule has 0 bridgehead atoms. The van der Waals surface area contributed by atoms with Crippen molar-refractivity contribution in [2.24, 2.45) is 11.7 Å². The van der Waals surface area contributed by atoms with Crippen LogP contribution in [0, 0.1) is 5.92 Å². The van der Waals surface area contributed by atoms with Crippen LogP contribution < -0.4 is 10.5 Å². The number of nitrogens with zero attached hydrogens (tertiary/aromatic N) is 2. The summed E-state index contributed by atoms with van der Waals surface area (Å²) in [6, 6.07) is 20.4.